The van der Waals surface area contributed by atoms with Crippen LogP contribution in [-0.4, -0.2) is 0 Å². The van der Waals surface area contributed by atoms with E-state index in [0.717, 1.165) is 12.8 Å². The Hall–Kier alpha value is 0.969. The van der Waals surface area contributed by atoms with E-state index in [4.69, 9.17) is 0 Å². The summed E-state index contributed by atoms with van der Waals surface area (Å²) in [5.41, 5.74) is 0. The molecule has 0 heterocycles. The molecule has 0 atom stereocenters. The second kappa shape index (κ2) is 19.5. The van der Waals surface area contributed by atoms with Crippen molar-refractivity contribution in [1.82, 2.24) is 0 Å². The fourth-order valence-electron chi connectivity index (χ4n) is 0.786. The van der Waals surface area contributed by atoms with Gasteiger partial charge in [0.15, 0.2) is 0 Å². The average molecular weight is 299 g/mol. The molecular formula is C10H12Cl2Ti2+6. The van der Waals surface area contributed by atoms with Gasteiger partial charge in [0.25, 0.3) is 0 Å². The minimum absolute atomic E-state index is 0. The molecule has 0 N–H and O–H groups in total. The first kappa shape index (κ1) is 24.3. The number of halogens is 2. The second-order valence-electron chi connectivity index (χ2n) is 2.18. The van der Waals surface area contributed by atoms with Crippen LogP contribution in [0.4, 0.5) is 0 Å². The summed E-state index contributed by atoms with van der Waals surface area (Å²) in [6.45, 7) is 0. The van der Waals surface area contributed by atoms with E-state index in [9.17, 15) is 0 Å². The first-order valence-corrected chi connectivity index (χ1v) is 3.63. The molecule has 0 saturated heterocycles. The molecular weight excluding hydrogens is 287 g/mol. The minimum atomic E-state index is 0. The molecule has 2 rings (SSSR count). The molecule has 0 aromatic rings. The molecule has 68 valence electrons. The van der Waals surface area contributed by atoms with Gasteiger partial charge in [0.05, 0.1) is 0 Å². The Balaban J connectivity index is -0.0000000556. The summed E-state index contributed by atoms with van der Waals surface area (Å²) in [7, 11) is 0. The standard InChI is InChI=1S/2C5H6.2ClH.2Ti/c2*1-2-4-5-3-1;;;;/h2*1-4H,5H2;2*1H;;/q;;;;2*+4/p-2. The maximum absolute atomic E-state index is 2.12. The van der Waals surface area contributed by atoms with E-state index in [0.29, 0.717) is 0 Å². The van der Waals surface area contributed by atoms with Gasteiger partial charge in [0, 0.05) is 0 Å². The summed E-state index contributed by atoms with van der Waals surface area (Å²) in [5.74, 6) is 0. The van der Waals surface area contributed by atoms with Crippen LogP contribution in [-0.2, 0) is 43.4 Å². The number of allylic oxidation sites excluding steroid dienone is 8. The monoisotopic (exact) mass is 298 g/mol. The summed E-state index contributed by atoms with van der Waals surface area (Å²) < 4.78 is 0. The van der Waals surface area contributed by atoms with Crippen LogP contribution in [0, 0.1) is 0 Å². The van der Waals surface area contributed by atoms with Gasteiger partial charge in [-0.3, -0.25) is 0 Å². The zero-order valence-corrected chi connectivity index (χ0v) is 12.4. The molecule has 0 saturated carbocycles. The average Bonchev–Trinajstić information content (AvgIpc) is 2.67. The van der Waals surface area contributed by atoms with E-state index < -0.39 is 0 Å². The Labute approximate surface area is 129 Å². The van der Waals surface area contributed by atoms with Crippen LogP contribution in [0.25, 0.3) is 0 Å². The van der Waals surface area contributed by atoms with Crippen molar-refractivity contribution in [1.29, 1.82) is 0 Å². The van der Waals surface area contributed by atoms with Crippen LogP contribution in [0.15, 0.2) is 48.6 Å². The van der Waals surface area contributed by atoms with Gasteiger partial charge in [-0.25, -0.2) is 0 Å². The van der Waals surface area contributed by atoms with E-state index in [-0.39, 0.29) is 68.2 Å². The Morgan fingerprint density at radius 3 is 0.786 bits per heavy atom. The molecule has 0 radical (unpaired) electrons. The quantitative estimate of drug-likeness (QED) is 0.419. The summed E-state index contributed by atoms with van der Waals surface area (Å²) in [6, 6.07) is 0. The Bertz CT molecular complexity index is 154. The van der Waals surface area contributed by atoms with Crippen LogP contribution in [0.3, 0.4) is 0 Å². The zero-order chi connectivity index (χ0) is 7.07. The smallest absolute Gasteiger partial charge is 1.00 e. The molecule has 0 nitrogen and oxygen atoms in total. The van der Waals surface area contributed by atoms with Crippen LogP contribution < -0.4 is 24.8 Å². The number of rotatable bonds is 0. The topological polar surface area (TPSA) is 0 Å². The fourth-order valence-corrected chi connectivity index (χ4v) is 0.786. The van der Waals surface area contributed by atoms with E-state index >= 15 is 0 Å². The molecule has 0 aromatic heterocycles. The Morgan fingerprint density at radius 2 is 0.714 bits per heavy atom. The minimum Gasteiger partial charge on any atom is -1.00 e. The number of hydrogen-bond donors (Lipinski definition) is 0. The van der Waals surface area contributed by atoms with Crippen molar-refractivity contribution >= 4 is 0 Å². The van der Waals surface area contributed by atoms with Gasteiger partial charge in [-0.2, -0.15) is 0 Å². The molecule has 0 amide bonds. The predicted molar refractivity (Wildman–Crippen MR) is 45.8 cm³/mol. The number of hydrogen-bond acceptors (Lipinski definition) is 0. The summed E-state index contributed by atoms with van der Waals surface area (Å²) >= 11 is 0. The largest absolute Gasteiger partial charge is 4.00 e. The van der Waals surface area contributed by atoms with E-state index in [1.807, 2.05) is 0 Å². The first-order valence-electron chi connectivity index (χ1n) is 3.63. The van der Waals surface area contributed by atoms with E-state index in [1.54, 1.807) is 0 Å². The normalized spacial score (nSPS) is 12.6. The van der Waals surface area contributed by atoms with Gasteiger partial charge in [0.1, 0.15) is 0 Å². The van der Waals surface area contributed by atoms with Crippen molar-refractivity contribution in [2.24, 2.45) is 0 Å². The second-order valence-corrected chi connectivity index (χ2v) is 2.18. The van der Waals surface area contributed by atoms with Gasteiger partial charge >= 0.3 is 43.4 Å². The Morgan fingerprint density at radius 1 is 0.500 bits per heavy atom. The summed E-state index contributed by atoms with van der Waals surface area (Å²) in [4.78, 5) is 0. The zero-order valence-electron chi connectivity index (χ0n) is 7.79. The van der Waals surface area contributed by atoms with Crippen LogP contribution in [0.5, 0.6) is 0 Å². The van der Waals surface area contributed by atoms with Crippen LogP contribution in [0.1, 0.15) is 12.8 Å². The van der Waals surface area contributed by atoms with Crippen molar-refractivity contribution in [2.75, 3.05) is 0 Å². The summed E-state index contributed by atoms with van der Waals surface area (Å²) in [5, 5.41) is 0. The molecule has 0 bridgehead atoms. The molecule has 14 heavy (non-hydrogen) atoms. The SMILES string of the molecule is C1=CCC=C1.C1=CCC=C1.[Cl-].[Cl-].[Ti+4].[Ti+4]. The predicted octanol–water partition coefficient (Wildman–Crippen LogP) is -2.99. The van der Waals surface area contributed by atoms with Gasteiger partial charge in [-0.05, 0) is 12.8 Å². The van der Waals surface area contributed by atoms with Gasteiger partial charge < -0.3 is 24.8 Å². The summed E-state index contributed by atoms with van der Waals surface area (Å²) in [6.07, 6.45) is 19.0. The van der Waals surface area contributed by atoms with Crippen molar-refractivity contribution < 1.29 is 68.2 Å². The van der Waals surface area contributed by atoms with E-state index in [1.165, 1.54) is 0 Å². The van der Waals surface area contributed by atoms with Gasteiger partial charge in [0.2, 0.25) is 0 Å². The third kappa shape index (κ3) is 15.4. The molecule has 2 aliphatic rings. The third-order valence-corrected chi connectivity index (χ3v) is 1.31. The van der Waals surface area contributed by atoms with Crippen LogP contribution in [0.2, 0.25) is 0 Å². The van der Waals surface area contributed by atoms with Gasteiger partial charge in [-0.15, -0.1) is 0 Å². The van der Waals surface area contributed by atoms with Crippen molar-refractivity contribution in [3.8, 4) is 0 Å². The molecule has 4 heteroatoms. The Kier molecular flexibility index (Phi) is 33.9. The fraction of sp³-hybridized carbons (Fsp3) is 0.200. The van der Waals surface area contributed by atoms with E-state index in [2.05, 4.69) is 48.6 Å². The third-order valence-electron chi connectivity index (χ3n) is 1.31. The molecule has 0 fully saturated rings. The van der Waals surface area contributed by atoms with Crippen LogP contribution >= 0.6 is 0 Å². The van der Waals surface area contributed by atoms with Crippen molar-refractivity contribution in [3.63, 3.8) is 0 Å². The van der Waals surface area contributed by atoms with Gasteiger partial charge in [-0.1, -0.05) is 48.6 Å². The molecule has 0 spiro atoms. The molecule has 0 aliphatic heterocycles. The maximum Gasteiger partial charge on any atom is 4.00 e. The van der Waals surface area contributed by atoms with Crippen molar-refractivity contribution in [2.45, 2.75) is 12.8 Å². The maximum atomic E-state index is 2.12. The first-order chi connectivity index (χ1) is 5.00. The molecule has 0 unspecified atom stereocenters. The molecule has 2 aliphatic carbocycles. The molecule has 0 aromatic carbocycles. The van der Waals surface area contributed by atoms with Crippen molar-refractivity contribution in [3.05, 3.63) is 48.6 Å².